The van der Waals surface area contributed by atoms with Crippen LogP contribution in [0.2, 0.25) is 0 Å². The van der Waals surface area contributed by atoms with Crippen LogP contribution < -0.4 is 4.74 Å². The zero-order chi connectivity index (χ0) is 20.6. The second-order valence-electron chi connectivity index (χ2n) is 8.16. The van der Waals surface area contributed by atoms with Crippen molar-refractivity contribution in [2.75, 3.05) is 26.7 Å². The van der Waals surface area contributed by atoms with E-state index in [4.69, 9.17) is 9.47 Å². The molecule has 0 N–H and O–H groups in total. The molecular formula is C21H36N3O3S+. The largest absolute Gasteiger partial charge is 0.475 e. The van der Waals surface area contributed by atoms with Crippen LogP contribution in [-0.2, 0) is 9.53 Å². The zero-order valence-electron chi connectivity index (χ0n) is 18.1. The molecule has 28 heavy (non-hydrogen) atoms. The number of unbranched alkanes of at least 4 members (excludes halogenated alkanes) is 3. The van der Waals surface area contributed by atoms with Gasteiger partial charge >= 0.3 is 5.97 Å². The molecule has 0 saturated heterocycles. The number of likely N-dealkylation sites (N-methyl/N-ethyl adjacent to an activating group) is 1. The lowest BCUT2D eigenvalue weighted by molar-refractivity contribution is -0.947. The van der Waals surface area contributed by atoms with Gasteiger partial charge in [-0.2, -0.15) is 4.37 Å². The predicted molar refractivity (Wildman–Crippen MR) is 113 cm³/mol. The summed E-state index contributed by atoms with van der Waals surface area (Å²) in [6.45, 7) is 10.4. The summed E-state index contributed by atoms with van der Waals surface area (Å²) in [5, 5.41) is 0. The van der Waals surface area contributed by atoms with Crippen LogP contribution in [0.4, 0.5) is 0 Å². The smallest absolute Gasteiger partial charge is 0.312 e. The van der Waals surface area contributed by atoms with Gasteiger partial charge in [-0.1, -0.05) is 53.0 Å². The van der Waals surface area contributed by atoms with Crippen LogP contribution in [0.25, 0.3) is 5.57 Å². The molecule has 0 aromatic carbocycles. The zero-order valence-corrected chi connectivity index (χ0v) is 18.9. The summed E-state index contributed by atoms with van der Waals surface area (Å²) in [4.78, 5) is 12.2. The molecule has 1 aromatic heterocycles. The number of quaternary nitrogens is 1. The van der Waals surface area contributed by atoms with Crippen molar-refractivity contribution in [2.45, 2.75) is 72.4 Å². The Labute approximate surface area is 173 Å². The maximum atomic E-state index is 12.2. The summed E-state index contributed by atoms with van der Waals surface area (Å²) >= 11 is 1.20. The molecule has 7 heteroatoms. The summed E-state index contributed by atoms with van der Waals surface area (Å²) in [5.41, 5.74) is 2.00. The highest BCUT2D eigenvalue weighted by Crippen LogP contribution is 2.32. The average Bonchev–Trinajstić information content (AvgIpc) is 3.14. The number of rotatable bonds is 11. The molecule has 0 saturated carbocycles. The molecule has 1 aliphatic rings. The molecule has 0 bridgehead atoms. The number of nitrogens with zero attached hydrogens (tertiary/aromatic N) is 3. The van der Waals surface area contributed by atoms with Gasteiger partial charge in [-0.25, -0.2) is 0 Å². The molecule has 2 heterocycles. The van der Waals surface area contributed by atoms with Crippen molar-refractivity contribution in [3.8, 4) is 5.88 Å². The third kappa shape index (κ3) is 6.01. The van der Waals surface area contributed by atoms with Crippen LogP contribution in [-0.4, -0.2) is 52.2 Å². The lowest BCUT2D eigenvalue weighted by atomic mass is 10.0. The fraction of sp³-hybridized carbons (Fsp3) is 0.762. The maximum Gasteiger partial charge on any atom is 0.312 e. The monoisotopic (exact) mass is 410 g/mol. The van der Waals surface area contributed by atoms with Gasteiger partial charge in [-0.05, 0) is 6.42 Å². The van der Waals surface area contributed by atoms with E-state index in [1.165, 1.54) is 31.0 Å². The Kier molecular flexibility index (Phi) is 8.89. The van der Waals surface area contributed by atoms with E-state index in [1.807, 2.05) is 13.8 Å². The molecule has 1 aromatic rings. The van der Waals surface area contributed by atoms with Crippen molar-refractivity contribution in [2.24, 2.45) is 5.92 Å². The summed E-state index contributed by atoms with van der Waals surface area (Å²) in [7, 11) is 2.17. The number of hydrogen-bond donors (Lipinski definition) is 0. The molecule has 2 atom stereocenters. The minimum absolute atomic E-state index is 0.115. The quantitative estimate of drug-likeness (QED) is 0.301. The molecule has 2 rings (SSSR count). The first-order chi connectivity index (χ1) is 13.4. The van der Waals surface area contributed by atoms with Gasteiger partial charge in [0.1, 0.15) is 12.2 Å². The van der Waals surface area contributed by atoms with Gasteiger partial charge in [0, 0.05) is 18.4 Å². The standard InChI is InChI=1S/C21H36N3O3S/c1-6-8-9-10-14-26-20-19(22-28-23-20)17-12-11-13-24(5,15-17)18(7-2)27-21(25)16(3)4/h12,16,18H,6-11,13-15H2,1-5H3/q+1. The second kappa shape index (κ2) is 10.9. The molecule has 0 fully saturated rings. The van der Waals surface area contributed by atoms with Crippen molar-refractivity contribution in [1.82, 2.24) is 8.75 Å². The van der Waals surface area contributed by atoms with E-state index in [9.17, 15) is 4.79 Å². The maximum absolute atomic E-state index is 12.2. The van der Waals surface area contributed by atoms with Crippen molar-refractivity contribution >= 4 is 23.3 Å². The van der Waals surface area contributed by atoms with E-state index >= 15 is 0 Å². The van der Waals surface area contributed by atoms with Gasteiger partial charge in [0.05, 0.1) is 37.8 Å². The number of aromatic nitrogens is 2. The van der Waals surface area contributed by atoms with Gasteiger partial charge in [-0.15, -0.1) is 4.37 Å². The van der Waals surface area contributed by atoms with E-state index in [0.29, 0.717) is 17.0 Å². The Morgan fingerprint density at radius 2 is 2.04 bits per heavy atom. The first-order valence-electron chi connectivity index (χ1n) is 10.6. The van der Waals surface area contributed by atoms with Gasteiger partial charge in [0.25, 0.3) is 5.88 Å². The highest BCUT2D eigenvalue weighted by atomic mass is 32.1. The highest BCUT2D eigenvalue weighted by Gasteiger charge is 2.38. The Hall–Kier alpha value is -1.47. The fourth-order valence-corrected chi connectivity index (χ4v) is 4.11. The van der Waals surface area contributed by atoms with Crippen LogP contribution in [0.15, 0.2) is 6.08 Å². The fourth-order valence-electron chi connectivity index (χ4n) is 3.57. The Morgan fingerprint density at radius 1 is 1.25 bits per heavy atom. The van der Waals surface area contributed by atoms with Crippen LogP contribution in [0.1, 0.15) is 71.9 Å². The van der Waals surface area contributed by atoms with E-state index in [1.54, 1.807) is 0 Å². The highest BCUT2D eigenvalue weighted by molar-refractivity contribution is 6.99. The van der Waals surface area contributed by atoms with Crippen molar-refractivity contribution in [1.29, 1.82) is 0 Å². The summed E-state index contributed by atoms with van der Waals surface area (Å²) in [5.74, 6) is 0.401. The van der Waals surface area contributed by atoms with Crippen LogP contribution in [0.3, 0.4) is 0 Å². The minimum atomic E-state index is -0.149. The summed E-state index contributed by atoms with van der Waals surface area (Å²) < 4.78 is 21.3. The van der Waals surface area contributed by atoms with Gasteiger partial charge in [0.15, 0.2) is 0 Å². The molecule has 0 aliphatic carbocycles. The Bertz CT molecular complexity index is 659. The van der Waals surface area contributed by atoms with Gasteiger partial charge in [-0.3, -0.25) is 9.28 Å². The number of ether oxygens (including phenoxy) is 2. The SMILES string of the molecule is CCCCCCOc1nsnc1C1=CCC[N+](C)(C(CC)OC(=O)C(C)C)C1. The number of esters is 1. The van der Waals surface area contributed by atoms with Gasteiger partial charge in [0.2, 0.25) is 6.23 Å². The summed E-state index contributed by atoms with van der Waals surface area (Å²) in [6.07, 6.45) is 8.47. The van der Waals surface area contributed by atoms with Crippen LogP contribution >= 0.6 is 11.7 Å². The Balaban J connectivity index is 2.05. The van der Waals surface area contributed by atoms with Crippen molar-refractivity contribution in [3.05, 3.63) is 11.8 Å². The molecule has 0 amide bonds. The second-order valence-corrected chi connectivity index (χ2v) is 8.69. The predicted octanol–water partition coefficient (Wildman–Crippen LogP) is 4.67. The molecule has 1 aliphatic heterocycles. The molecule has 6 nitrogen and oxygen atoms in total. The topological polar surface area (TPSA) is 61.3 Å². The van der Waals surface area contributed by atoms with Crippen LogP contribution in [0.5, 0.6) is 5.88 Å². The summed E-state index contributed by atoms with van der Waals surface area (Å²) in [6, 6.07) is 0. The van der Waals surface area contributed by atoms with Gasteiger partial charge < -0.3 is 9.47 Å². The van der Waals surface area contributed by atoms with Crippen LogP contribution in [0, 0.1) is 5.92 Å². The number of carbonyl (C=O) groups excluding carboxylic acids is 1. The molecule has 2 unspecified atom stereocenters. The third-order valence-corrected chi connectivity index (χ3v) is 5.84. The Morgan fingerprint density at radius 3 is 2.71 bits per heavy atom. The van der Waals surface area contributed by atoms with E-state index in [2.05, 4.69) is 35.7 Å². The molecule has 0 radical (unpaired) electrons. The first kappa shape index (κ1) is 22.8. The van der Waals surface area contributed by atoms with Crippen molar-refractivity contribution < 1.29 is 18.8 Å². The third-order valence-electron chi connectivity index (χ3n) is 5.33. The molecule has 0 spiro atoms. The number of hydrogen-bond acceptors (Lipinski definition) is 6. The average molecular weight is 411 g/mol. The minimum Gasteiger partial charge on any atom is -0.475 e. The normalized spacial score (nSPS) is 20.7. The van der Waals surface area contributed by atoms with E-state index < -0.39 is 0 Å². The van der Waals surface area contributed by atoms with Crippen molar-refractivity contribution in [3.63, 3.8) is 0 Å². The van der Waals surface area contributed by atoms with E-state index in [0.717, 1.165) is 43.6 Å². The molecule has 158 valence electrons. The lowest BCUT2D eigenvalue weighted by Gasteiger charge is -2.42. The first-order valence-corrected chi connectivity index (χ1v) is 11.3. The molecular weight excluding hydrogens is 374 g/mol. The lowest BCUT2D eigenvalue weighted by Crippen LogP contribution is -2.56. The van der Waals surface area contributed by atoms with E-state index in [-0.39, 0.29) is 18.1 Å². The number of carbonyl (C=O) groups is 1.